The first kappa shape index (κ1) is 10.2. The Bertz CT molecular complexity index is 478. The average Bonchev–Trinajstić information content (AvgIpc) is 2.60. The lowest BCUT2D eigenvalue weighted by atomic mass is 10.3. The van der Waals surface area contributed by atoms with Crippen molar-refractivity contribution in [3.8, 4) is 5.69 Å². The van der Waals surface area contributed by atoms with Gasteiger partial charge in [-0.3, -0.25) is 0 Å². The van der Waals surface area contributed by atoms with Gasteiger partial charge in [-0.15, -0.1) is 0 Å². The van der Waals surface area contributed by atoms with Crippen molar-refractivity contribution in [2.75, 3.05) is 5.73 Å². The number of aromatic nitrogens is 2. The van der Waals surface area contributed by atoms with Crippen molar-refractivity contribution < 1.29 is 0 Å². The van der Waals surface area contributed by atoms with E-state index in [-0.39, 0.29) is 0 Å². The summed E-state index contributed by atoms with van der Waals surface area (Å²) in [5.74, 6) is 0.586. The van der Waals surface area contributed by atoms with Crippen molar-refractivity contribution in [3.63, 3.8) is 0 Å². The number of hydrogen-bond donors (Lipinski definition) is 2. The minimum Gasteiger partial charge on any atom is -0.384 e. The molecule has 4 nitrogen and oxygen atoms in total. The lowest BCUT2D eigenvalue weighted by molar-refractivity contribution is 0.837. The van der Waals surface area contributed by atoms with Gasteiger partial charge < -0.3 is 11.5 Å². The molecule has 0 bridgehead atoms. The van der Waals surface area contributed by atoms with Crippen molar-refractivity contribution in [3.05, 3.63) is 40.5 Å². The highest BCUT2D eigenvalue weighted by Crippen LogP contribution is 2.22. The molecule has 2 aromatic rings. The van der Waals surface area contributed by atoms with E-state index in [1.165, 1.54) is 0 Å². The Morgan fingerprint density at radius 1 is 1.33 bits per heavy atom. The lowest BCUT2D eigenvalue weighted by Gasteiger charge is -2.05. The fraction of sp³-hybridized carbons (Fsp3) is 0.100. The molecule has 0 unspecified atom stereocenters. The van der Waals surface area contributed by atoms with Gasteiger partial charge in [-0.1, -0.05) is 12.1 Å². The van der Waals surface area contributed by atoms with Crippen molar-refractivity contribution >= 4 is 21.7 Å². The van der Waals surface area contributed by atoms with Crippen LogP contribution in [0.15, 0.2) is 34.8 Å². The van der Waals surface area contributed by atoms with Gasteiger partial charge in [0.25, 0.3) is 0 Å². The lowest BCUT2D eigenvalue weighted by Crippen LogP contribution is -2.03. The predicted molar refractivity (Wildman–Crippen MR) is 63.6 cm³/mol. The molecular formula is C10H11BrN4. The molecule has 1 aromatic carbocycles. The quantitative estimate of drug-likeness (QED) is 0.869. The Balaban J connectivity index is 2.54. The van der Waals surface area contributed by atoms with E-state index in [4.69, 9.17) is 11.5 Å². The second kappa shape index (κ2) is 4.04. The Morgan fingerprint density at radius 3 is 2.67 bits per heavy atom. The molecule has 0 aliphatic heterocycles. The number of nitrogens with zero attached hydrogens (tertiary/aromatic N) is 2. The van der Waals surface area contributed by atoms with E-state index in [2.05, 4.69) is 21.0 Å². The summed E-state index contributed by atoms with van der Waals surface area (Å²) in [6, 6.07) is 9.53. The number of benzene rings is 1. The van der Waals surface area contributed by atoms with Crippen molar-refractivity contribution in [2.45, 2.75) is 6.54 Å². The van der Waals surface area contributed by atoms with Crippen molar-refractivity contribution in [1.29, 1.82) is 0 Å². The van der Waals surface area contributed by atoms with E-state index >= 15 is 0 Å². The van der Waals surface area contributed by atoms with Crippen LogP contribution in [0.3, 0.4) is 0 Å². The maximum absolute atomic E-state index is 5.84. The summed E-state index contributed by atoms with van der Waals surface area (Å²) in [5, 5.41) is 4.30. The summed E-state index contributed by atoms with van der Waals surface area (Å²) in [7, 11) is 0. The Kier molecular flexibility index (Phi) is 2.75. The fourth-order valence-electron chi connectivity index (χ4n) is 1.36. The summed E-state index contributed by atoms with van der Waals surface area (Å²) < 4.78 is 2.62. The van der Waals surface area contributed by atoms with Gasteiger partial charge in [-0.05, 0) is 28.1 Å². The maximum Gasteiger partial charge on any atom is 0.127 e. The Morgan fingerprint density at radius 2 is 2.07 bits per heavy atom. The first-order valence-electron chi connectivity index (χ1n) is 4.51. The normalized spacial score (nSPS) is 10.5. The standard InChI is InChI=1S/C10H11BrN4/c11-8-3-1-2-4-9(8)15-10(13)5-7(6-12)14-15/h1-5H,6,12-13H2. The van der Waals surface area contributed by atoms with Crippen LogP contribution in [0, 0.1) is 0 Å². The molecule has 0 atom stereocenters. The number of para-hydroxylation sites is 1. The second-order valence-corrected chi connectivity index (χ2v) is 3.98. The molecule has 0 fully saturated rings. The molecule has 15 heavy (non-hydrogen) atoms. The van der Waals surface area contributed by atoms with Gasteiger partial charge in [0.2, 0.25) is 0 Å². The van der Waals surface area contributed by atoms with Crippen molar-refractivity contribution in [2.24, 2.45) is 5.73 Å². The van der Waals surface area contributed by atoms with Crippen LogP contribution >= 0.6 is 15.9 Å². The van der Waals surface area contributed by atoms with E-state index in [1.807, 2.05) is 24.3 Å². The molecule has 2 rings (SSSR count). The maximum atomic E-state index is 5.84. The molecule has 0 aliphatic carbocycles. The van der Waals surface area contributed by atoms with Gasteiger partial charge in [0.1, 0.15) is 5.82 Å². The molecule has 0 amide bonds. The number of nitrogen functional groups attached to an aromatic ring is 1. The molecular weight excluding hydrogens is 256 g/mol. The molecule has 1 heterocycles. The molecule has 4 N–H and O–H groups in total. The third-order valence-corrected chi connectivity index (χ3v) is 2.75. The molecule has 0 aliphatic rings. The number of nitrogens with two attached hydrogens (primary N) is 2. The fourth-order valence-corrected chi connectivity index (χ4v) is 1.82. The van der Waals surface area contributed by atoms with Gasteiger partial charge >= 0.3 is 0 Å². The van der Waals surface area contributed by atoms with Gasteiger partial charge in [-0.25, -0.2) is 4.68 Å². The summed E-state index contributed by atoms with van der Waals surface area (Å²) in [5.41, 5.74) is 13.0. The van der Waals surface area contributed by atoms with E-state index in [1.54, 1.807) is 10.7 Å². The highest BCUT2D eigenvalue weighted by atomic mass is 79.9. The highest BCUT2D eigenvalue weighted by molar-refractivity contribution is 9.10. The molecule has 0 spiro atoms. The number of halogens is 1. The second-order valence-electron chi connectivity index (χ2n) is 3.13. The van der Waals surface area contributed by atoms with Crippen LogP contribution < -0.4 is 11.5 Å². The minimum atomic E-state index is 0.391. The highest BCUT2D eigenvalue weighted by Gasteiger charge is 2.07. The number of hydrogen-bond acceptors (Lipinski definition) is 3. The molecule has 0 saturated carbocycles. The van der Waals surface area contributed by atoms with E-state index in [9.17, 15) is 0 Å². The smallest absolute Gasteiger partial charge is 0.127 e. The van der Waals surface area contributed by atoms with Crippen molar-refractivity contribution in [1.82, 2.24) is 9.78 Å². The molecule has 0 radical (unpaired) electrons. The van der Waals surface area contributed by atoms with Crippen LogP contribution in [0.2, 0.25) is 0 Å². The first-order valence-corrected chi connectivity index (χ1v) is 5.31. The topological polar surface area (TPSA) is 69.9 Å². The van der Waals surface area contributed by atoms with Crippen LogP contribution in [0.4, 0.5) is 5.82 Å². The minimum absolute atomic E-state index is 0.391. The van der Waals surface area contributed by atoms with Crippen LogP contribution in [-0.4, -0.2) is 9.78 Å². The van der Waals surface area contributed by atoms with Gasteiger partial charge in [0.05, 0.1) is 11.4 Å². The number of rotatable bonds is 2. The monoisotopic (exact) mass is 266 g/mol. The third-order valence-electron chi connectivity index (χ3n) is 2.08. The van der Waals surface area contributed by atoms with Crippen LogP contribution in [-0.2, 0) is 6.54 Å². The Hall–Kier alpha value is -1.33. The molecule has 0 saturated heterocycles. The van der Waals surface area contributed by atoms with E-state index < -0.39 is 0 Å². The first-order chi connectivity index (χ1) is 7.22. The molecule has 5 heteroatoms. The van der Waals surface area contributed by atoms with E-state index in [0.717, 1.165) is 15.9 Å². The number of anilines is 1. The summed E-state index contributed by atoms with van der Waals surface area (Å²) in [6.07, 6.45) is 0. The zero-order chi connectivity index (χ0) is 10.8. The molecule has 1 aromatic heterocycles. The summed E-state index contributed by atoms with van der Waals surface area (Å²) >= 11 is 3.45. The average molecular weight is 267 g/mol. The zero-order valence-electron chi connectivity index (χ0n) is 8.02. The van der Waals surface area contributed by atoms with Gasteiger partial charge in [0, 0.05) is 17.1 Å². The van der Waals surface area contributed by atoms with Crippen LogP contribution in [0.5, 0.6) is 0 Å². The van der Waals surface area contributed by atoms with Crippen LogP contribution in [0.1, 0.15) is 5.69 Å². The summed E-state index contributed by atoms with van der Waals surface area (Å²) in [4.78, 5) is 0. The van der Waals surface area contributed by atoms with Crippen LogP contribution in [0.25, 0.3) is 5.69 Å². The van der Waals surface area contributed by atoms with Gasteiger partial charge in [-0.2, -0.15) is 5.10 Å². The third kappa shape index (κ3) is 1.88. The largest absolute Gasteiger partial charge is 0.384 e. The SMILES string of the molecule is NCc1cc(N)n(-c2ccccc2Br)n1. The molecule has 78 valence electrons. The van der Waals surface area contributed by atoms with E-state index in [0.29, 0.717) is 12.4 Å². The summed E-state index contributed by atoms with van der Waals surface area (Å²) in [6.45, 7) is 0.391. The Labute approximate surface area is 96.0 Å². The predicted octanol–water partition coefficient (Wildman–Crippen LogP) is 1.68. The zero-order valence-corrected chi connectivity index (χ0v) is 9.61. The van der Waals surface area contributed by atoms with Gasteiger partial charge in [0.15, 0.2) is 0 Å².